The molecular formula is C17H27NO. The van der Waals surface area contributed by atoms with Crippen molar-refractivity contribution in [1.82, 2.24) is 5.32 Å². The van der Waals surface area contributed by atoms with E-state index in [0.717, 1.165) is 24.1 Å². The van der Waals surface area contributed by atoms with Gasteiger partial charge in [-0.1, -0.05) is 50.8 Å². The number of unbranched alkanes of at least 4 members (excludes halogenated alkanes) is 1. The van der Waals surface area contributed by atoms with Gasteiger partial charge in [0.2, 0.25) is 0 Å². The third-order valence-corrected chi connectivity index (χ3v) is 3.72. The van der Waals surface area contributed by atoms with Crippen molar-refractivity contribution in [3.05, 3.63) is 34.9 Å². The van der Waals surface area contributed by atoms with Crippen LogP contribution in [-0.4, -0.2) is 12.5 Å². The number of hydrogen-bond donors (Lipinski definition) is 1. The molecule has 106 valence electrons. The van der Waals surface area contributed by atoms with Crippen molar-refractivity contribution >= 4 is 5.91 Å². The molecule has 2 heteroatoms. The fraction of sp³-hybridized carbons (Fsp3) is 0.588. The van der Waals surface area contributed by atoms with E-state index in [4.69, 9.17) is 0 Å². The Labute approximate surface area is 117 Å². The number of hydrogen-bond acceptors (Lipinski definition) is 1. The number of rotatable bonds is 7. The minimum absolute atomic E-state index is 0.0625. The van der Waals surface area contributed by atoms with E-state index in [-0.39, 0.29) is 5.91 Å². The molecule has 1 atom stereocenters. The summed E-state index contributed by atoms with van der Waals surface area (Å²) < 4.78 is 0. The lowest BCUT2D eigenvalue weighted by molar-refractivity contribution is 0.0945. The van der Waals surface area contributed by atoms with E-state index in [9.17, 15) is 4.79 Å². The summed E-state index contributed by atoms with van der Waals surface area (Å²) in [5, 5.41) is 3.08. The average Bonchev–Trinajstić information content (AvgIpc) is 2.38. The fourth-order valence-electron chi connectivity index (χ4n) is 2.34. The molecule has 0 saturated carbocycles. The van der Waals surface area contributed by atoms with Crippen LogP contribution in [0.25, 0.3) is 0 Å². The fourth-order valence-corrected chi connectivity index (χ4v) is 2.34. The maximum atomic E-state index is 12.2. The van der Waals surface area contributed by atoms with Crippen molar-refractivity contribution in [2.24, 2.45) is 5.92 Å². The lowest BCUT2D eigenvalue weighted by atomic mass is 9.99. The molecule has 0 aromatic heterocycles. The molecular weight excluding hydrogens is 234 g/mol. The first-order chi connectivity index (χ1) is 9.08. The number of benzene rings is 1. The summed E-state index contributed by atoms with van der Waals surface area (Å²) in [6, 6.07) is 5.98. The van der Waals surface area contributed by atoms with Crippen molar-refractivity contribution in [1.29, 1.82) is 0 Å². The maximum absolute atomic E-state index is 12.2. The molecule has 1 rings (SSSR count). The van der Waals surface area contributed by atoms with E-state index in [1.54, 1.807) is 0 Å². The molecule has 0 aliphatic heterocycles. The first-order valence-electron chi connectivity index (χ1n) is 7.43. The van der Waals surface area contributed by atoms with Crippen LogP contribution in [0.3, 0.4) is 0 Å². The van der Waals surface area contributed by atoms with E-state index >= 15 is 0 Å². The van der Waals surface area contributed by atoms with Crippen LogP contribution >= 0.6 is 0 Å². The SMILES string of the molecule is CCCC[C@@H](CC)CNC(=O)c1ccc(C)cc1C. The van der Waals surface area contributed by atoms with Gasteiger partial charge in [0, 0.05) is 12.1 Å². The third kappa shape index (κ3) is 5.06. The normalized spacial score (nSPS) is 12.2. The average molecular weight is 261 g/mol. The molecule has 19 heavy (non-hydrogen) atoms. The van der Waals surface area contributed by atoms with Crippen LogP contribution in [0.2, 0.25) is 0 Å². The Balaban J connectivity index is 2.54. The van der Waals surface area contributed by atoms with Crippen molar-refractivity contribution in [2.45, 2.75) is 53.4 Å². The van der Waals surface area contributed by atoms with Crippen LogP contribution in [0, 0.1) is 19.8 Å². The summed E-state index contributed by atoms with van der Waals surface area (Å²) in [6.45, 7) is 9.25. The molecule has 0 unspecified atom stereocenters. The number of carbonyl (C=O) groups excluding carboxylic acids is 1. The molecule has 0 bridgehead atoms. The van der Waals surface area contributed by atoms with Crippen molar-refractivity contribution in [3.63, 3.8) is 0 Å². The zero-order valence-electron chi connectivity index (χ0n) is 12.8. The number of aryl methyl sites for hydroxylation is 2. The summed E-state index contributed by atoms with van der Waals surface area (Å²) in [5.41, 5.74) is 3.05. The van der Waals surface area contributed by atoms with Crippen LogP contribution in [-0.2, 0) is 0 Å². The third-order valence-electron chi connectivity index (χ3n) is 3.72. The molecule has 1 aromatic carbocycles. The highest BCUT2D eigenvalue weighted by atomic mass is 16.1. The summed E-state index contributed by atoms with van der Waals surface area (Å²) in [5.74, 6) is 0.669. The molecule has 1 aromatic rings. The quantitative estimate of drug-likeness (QED) is 0.781. The molecule has 0 saturated heterocycles. The number of carbonyl (C=O) groups is 1. The Morgan fingerprint density at radius 3 is 2.58 bits per heavy atom. The second-order valence-electron chi connectivity index (χ2n) is 5.44. The lowest BCUT2D eigenvalue weighted by Crippen LogP contribution is -2.29. The van der Waals surface area contributed by atoms with Gasteiger partial charge >= 0.3 is 0 Å². The van der Waals surface area contributed by atoms with Gasteiger partial charge in [0.15, 0.2) is 0 Å². The molecule has 1 N–H and O–H groups in total. The first kappa shape index (κ1) is 15.7. The Morgan fingerprint density at radius 2 is 2.00 bits per heavy atom. The van der Waals surface area contributed by atoms with Gasteiger partial charge in [-0.3, -0.25) is 4.79 Å². The molecule has 0 fully saturated rings. The van der Waals surface area contributed by atoms with Crippen molar-refractivity contribution < 1.29 is 4.79 Å². The highest BCUT2D eigenvalue weighted by molar-refractivity contribution is 5.95. The van der Waals surface area contributed by atoms with Gasteiger partial charge in [-0.05, 0) is 37.8 Å². The summed E-state index contributed by atoms with van der Waals surface area (Å²) in [4.78, 5) is 12.2. The Morgan fingerprint density at radius 1 is 1.26 bits per heavy atom. The molecule has 0 heterocycles. The van der Waals surface area contributed by atoms with E-state index < -0.39 is 0 Å². The monoisotopic (exact) mass is 261 g/mol. The van der Waals surface area contributed by atoms with Crippen LogP contribution in [0.1, 0.15) is 61.0 Å². The minimum Gasteiger partial charge on any atom is -0.352 e. The van der Waals surface area contributed by atoms with E-state index in [1.807, 2.05) is 26.0 Å². The second-order valence-corrected chi connectivity index (χ2v) is 5.44. The predicted octanol–water partition coefficient (Wildman–Crippen LogP) is 4.25. The summed E-state index contributed by atoms with van der Waals surface area (Å²) in [6.07, 6.45) is 4.81. The van der Waals surface area contributed by atoms with Gasteiger partial charge < -0.3 is 5.32 Å². The summed E-state index contributed by atoms with van der Waals surface area (Å²) in [7, 11) is 0. The first-order valence-corrected chi connectivity index (χ1v) is 7.43. The molecule has 0 spiro atoms. The van der Waals surface area contributed by atoms with Gasteiger partial charge in [-0.25, -0.2) is 0 Å². The van der Waals surface area contributed by atoms with Crippen LogP contribution in [0.5, 0.6) is 0 Å². The zero-order chi connectivity index (χ0) is 14.3. The van der Waals surface area contributed by atoms with Gasteiger partial charge in [0.25, 0.3) is 5.91 Å². The van der Waals surface area contributed by atoms with Crippen LogP contribution in [0.15, 0.2) is 18.2 Å². The highest BCUT2D eigenvalue weighted by Crippen LogP contribution is 2.13. The van der Waals surface area contributed by atoms with Gasteiger partial charge in [-0.15, -0.1) is 0 Å². The minimum atomic E-state index is 0.0625. The second kappa shape index (κ2) is 7.98. The van der Waals surface area contributed by atoms with Crippen molar-refractivity contribution in [2.75, 3.05) is 6.54 Å². The molecule has 2 nitrogen and oxygen atoms in total. The van der Waals surface area contributed by atoms with E-state index in [0.29, 0.717) is 5.92 Å². The Hall–Kier alpha value is -1.31. The standard InChI is InChI=1S/C17H27NO/c1-5-7-8-15(6-2)12-18-17(19)16-10-9-13(3)11-14(16)4/h9-11,15H,5-8,12H2,1-4H3,(H,18,19)/t15-/m1/s1. The van der Waals surface area contributed by atoms with Gasteiger partial charge in [0.05, 0.1) is 0 Å². The maximum Gasteiger partial charge on any atom is 0.251 e. The van der Waals surface area contributed by atoms with E-state index in [2.05, 4.69) is 25.2 Å². The van der Waals surface area contributed by atoms with Crippen molar-refractivity contribution in [3.8, 4) is 0 Å². The predicted molar refractivity (Wildman–Crippen MR) is 81.6 cm³/mol. The number of nitrogens with one attached hydrogen (secondary N) is 1. The molecule has 1 amide bonds. The highest BCUT2D eigenvalue weighted by Gasteiger charge is 2.11. The molecule has 0 aliphatic carbocycles. The Kier molecular flexibility index (Phi) is 6.61. The topological polar surface area (TPSA) is 29.1 Å². The largest absolute Gasteiger partial charge is 0.352 e. The zero-order valence-corrected chi connectivity index (χ0v) is 12.8. The molecule has 0 radical (unpaired) electrons. The van der Waals surface area contributed by atoms with Crippen LogP contribution < -0.4 is 5.32 Å². The summed E-state index contributed by atoms with van der Waals surface area (Å²) >= 11 is 0. The smallest absolute Gasteiger partial charge is 0.251 e. The number of amides is 1. The van der Waals surface area contributed by atoms with Gasteiger partial charge in [0.1, 0.15) is 0 Å². The van der Waals surface area contributed by atoms with Gasteiger partial charge in [-0.2, -0.15) is 0 Å². The molecule has 0 aliphatic rings. The van der Waals surface area contributed by atoms with E-state index in [1.165, 1.54) is 24.8 Å². The Bertz CT molecular complexity index is 412. The van der Waals surface area contributed by atoms with Crippen LogP contribution in [0.4, 0.5) is 0 Å². The lowest BCUT2D eigenvalue weighted by Gasteiger charge is -2.16.